The number of carbonyl (C=O) groups excluding carboxylic acids is 1. The topological polar surface area (TPSA) is 79.0 Å². The van der Waals surface area contributed by atoms with E-state index in [2.05, 4.69) is 9.80 Å². The zero-order chi connectivity index (χ0) is 20.5. The molecule has 2 aliphatic rings. The molecule has 1 aromatic carbocycles. The number of halogens is 1. The van der Waals surface area contributed by atoms with Crippen LogP contribution in [0.4, 0.5) is 15.8 Å². The summed E-state index contributed by atoms with van der Waals surface area (Å²) in [5, 5.41) is 10.7. The summed E-state index contributed by atoms with van der Waals surface area (Å²) >= 11 is 0. The summed E-state index contributed by atoms with van der Waals surface area (Å²) in [4.78, 5) is 16.7. The lowest BCUT2D eigenvalue weighted by atomic mass is 9.89. The van der Waals surface area contributed by atoms with Crippen molar-refractivity contribution in [2.24, 2.45) is 0 Å². The first kappa shape index (κ1) is 20.9. The number of rotatable bonds is 3. The van der Waals surface area contributed by atoms with Gasteiger partial charge < -0.3 is 25.4 Å². The molecule has 2 heterocycles. The molecule has 0 atom stereocenters. The third kappa shape index (κ3) is 4.75. The summed E-state index contributed by atoms with van der Waals surface area (Å²) < 4.78 is 19.5. The molecule has 0 bridgehead atoms. The maximum absolute atomic E-state index is 14.2. The second kappa shape index (κ2) is 7.87. The normalized spacial score (nSPS) is 21.5. The van der Waals surface area contributed by atoms with Crippen LogP contribution in [0.3, 0.4) is 0 Å². The minimum atomic E-state index is -1.39. The molecule has 0 saturated carbocycles. The first-order valence-electron chi connectivity index (χ1n) is 10.1. The fraction of sp³-hybridized carbons (Fsp3) is 0.667. The molecule has 156 valence electrons. The van der Waals surface area contributed by atoms with E-state index in [0.717, 1.165) is 25.9 Å². The molecular formula is C21H32FN3O3. The fourth-order valence-electron chi connectivity index (χ4n) is 4.09. The molecule has 0 aromatic heterocycles. The van der Waals surface area contributed by atoms with E-state index >= 15 is 0 Å². The van der Waals surface area contributed by atoms with Crippen molar-refractivity contribution in [3.63, 3.8) is 0 Å². The number of ether oxygens (including phenoxy) is 1. The molecule has 2 fully saturated rings. The van der Waals surface area contributed by atoms with Crippen LogP contribution >= 0.6 is 0 Å². The lowest BCUT2D eigenvalue weighted by molar-refractivity contribution is -0.182. The number of nitrogens with two attached hydrogens (primary N) is 1. The number of aliphatic hydroxyl groups is 1. The van der Waals surface area contributed by atoms with E-state index in [0.29, 0.717) is 43.3 Å². The number of hydrogen-bond acceptors (Lipinski definition) is 6. The molecule has 3 rings (SSSR count). The number of likely N-dealkylation sites (tertiary alicyclic amines) is 1. The Morgan fingerprint density at radius 2 is 1.82 bits per heavy atom. The summed E-state index contributed by atoms with van der Waals surface area (Å²) in [5.41, 5.74) is 4.68. The van der Waals surface area contributed by atoms with Crippen LogP contribution in [-0.4, -0.2) is 59.4 Å². The predicted octanol–water partition coefficient (Wildman–Crippen LogP) is 2.55. The highest BCUT2D eigenvalue weighted by Crippen LogP contribution is 2.31. The van der Waals surface area contributed by atoms with Crippen molar-refractivity contribution in [3.05, 3.63) is 24.0 Å². The monoisotopic (exact) mass is 393 g/mol. The van der Waals surface area contributed by atoms with Gasteiger partial charge in [-0.05, 0) is 64.7 Å². The molecule has 2 saturated heterocycles. The van der Waals surface area contributed by atoms with E-state index in [4.69, 9.17) is 10.5 Å². The molecule has 1 aromatic rings. The molecule has 0 amide bonds. The van der Waals surface area contributed by atoms with Crippen LogP contribution in [0.25, 0.3) is 0 Å². The quantitative estimate of drug-likeness (QED) is 0.607. The molecule has 0 aliphatic carbocycles. The Hall–Kier alpha value is -1.86. The van der Waals surface area contributed by atoms with Crippen LogP contribution in [-0.2, 0) is 9.53 Å². The van der Waals surface area contributed by atoms with Crippen molar-refractivity contribution in [2.75, 3.05) is 36.8 Å². The van der Waals surface area contributed by atoms with Gasteiger partial charge in [0.1, 0.15) is 11.4 Å². The van der Waals surface area contributed by atoms with Gasteiger partial charge in [0.05, 0.1) is 5.69 Å². The van der Waals surface area contributed by atoms with Crippen LogP contribution in [0, 0.1) is 5.82 Å². The Bertz CT molecular complexity index is 703. The Kier molecular flexibility index (Phi) is 5.87. The highest BCUT2D eigenvalue weighted by Gasteiger charge is 2.43. The molecule has 7 heteroatoms. The van der Waals surface area contributed by atoms with Crippen LogP contribution in [0.5, 0.6) is 0 Å². The van der Waals surface area contributed by atoms with Crippen LogP contribution < -0.4 is 10.6 Å². The second-order valence-corrected chi connectivity index (χ2v) is 9.00. The Balaban J connectivity index is 1.52. The summed E-state index contributed by atoms with van der Waals surface area (Å²) in [6.45, 7) is 8.30. The van der Waals surface area contributed by atoms with Gasteiger partial charge in [-0.2, -0.15) is 0 Å². The molecule has 0 spiro atoms. The average Bonchev–Trinajstić information content (AvgIpc) is 2.61. The van der Waals surface area contributed by atoms with Gasteiger partial charge in [0.15, 0.2) is 5.60 Å². The summed E-state index contributed by atoms with van der Waals surface area (Å²) in [6, 6.07) is 5.22. The van der Waals surface area contributed by atoms with Crippen molar-refractivity contribution in [3.8, 4) is 0 Å². The van der Waals surface area contributed by atoms with Crippen LogP contribution in [0.1, 0.15) is 46.5 Å². The number of piperidine rings is 2. The molecular weight excluding hydrogens is 361 g/mol. The van der Waals surface area contributed by atoms with Crippen molar-refractivity contribution in [1.82, 2.24) is 4.90 Å². The SMILES string of the molecule is CC(C)(C)OC(=O)C1(O)CCN(C2CCN(c3ccc(N)cc3F)CC2)CC1. The first-order valence-corrected chi connectivity index (χ1v) is 10.1. The largest absolute Gasteiger partial charge is 0.458 e. The summed E-state index contributed by atoms with van der Waals surface area (Å²) in [6.07, 6.45) is 2.62. The third-order valence-electron chi connectivity index (χ3n) is 5.70. The first-order chi connectivity index (χ1) is 13.1. The summed E-state index contributed by atoms with van der Waals surface area (Å²) in [7, 11) is 0. The average molecular weight is 394 g/mol. The minimum absolute atomic E-state index is 0.279. The zero-order valence-corrected chi connectivity index (χ0v) is 17.1. The number of carbonyl (C=O) groups is 1. The zero-order valence-electron chi connectivity index (χ0n) is 17.1. The summed E-state index contributed by atoms with van der Waals surface area (Å²) in [5.74, 6) is -0.799. The number of nitrogen functional groups attached to an aromatic ring is 1. The standard InChI is InChI=1S/C21H32FN3O3/c1-20(2,3)28-19(26)21(27)8-12-24(13-9-21)16-6-10-25(11-7-16)18-5-4-15(23)14-17(18)22/h4-5,14,16,27H,6-13,23H2,1-3H3. The molecule has 28 heavy (non-hydrogen) atoms. The van der Waals surface area contributed by atoms with Gasteiger partial charge in [-0.3, -0.25) is 0 Å². The number of nitrogens with zero attached hydrogens (tertiary/aromatic N) is 2. The van der Waals surface area contributed by atoms with E-state index in [1.807, 2.05) is 0 Å². The van der Waals surface area contributed by atoms with Gasteiger partial charge in [0, 0.05) is 37.9 Å². The minimum Gasteiger partial charge on any atom is -0.458 e. The second-order valence-electron chi connectivity index (χ2n) is 9.00. The van der Waals surface area contributed by atoms with Gasteiger partial charge in [0.25, 0.3) is 0 Å². The van der Waals surface area contributed by atoms with Gasteiger partial charge in [-0.1, -0.05) is 0 Å². The Labute approximate surface area is 166 Å². The van der Waals surface area contributed by atoms with Crippen LogP contribution in [0.15, 0.2) is 18.2 Å². The Morgan fingerprint density at radius 1 is 1.21 bits per heavy atom. The van der Waals surface area contributed by atoms with E-state index in [9.17, 15) is 14.3 Å². The van der Waals surface area contributed by atoms with Gasteiger partial charge in [-0.25, -0.2) is 9.18 Å². The predicted molar refractivity (Wildman–Crippen MR) is 108 cm³/mol. The van der Waals surface area contributed by atoms with E-state index in [-0.39, 0.29) is 5.82 Å². The van der Waals surface area contributed by atoms with Gasteiger partial charge in [-0.15, -0.1) is 0 Å². The molecule has 0 radical (unpaired) electrons. The smallest absolute Gasteiger partial charge is 0.338 e. The van der Waals surface area contributed by atoms with Crippen molar-refractivity contribution in [1.29, 1.82) is 0 Å². The number of benzene rings is 1. The van der Waals surface area contributed by atoms with Gasteiger partial charge >= 0.3 is 5.97 Å². The van der Waals surface area contributed by atoms with Crippen molar-refractivity contribution in [2.45, 2.75) is 63.7 Å². The van der Waals surface area contributed by atoms with E-state index < -0.39 is 17.2 Å². The lowest BCUT2D eigenvalue weighted by Gasteiger charge is -2.44. The molecule has 6 nitrogen and oxygen atoms in total. The van der Waals surface area contributed by atoms with Crippen LogP contribution in [0.2, 0.25) is 0 Å². The Morgan fingerprint density at radius 3 is 2.36 bits per heavy atom. The lowest BCUT2D eigenvalue weighted by Crippen LogP contribution is -2.55. The highest BCUT2D eigenvalue weighted by molar-refractivity contribution is 5.79. The maximum atomic E-state index is 14.2. The van der Waals surface area contributed by atoms with Gasteiger partial charge in [0.2, 0.25) is 0 Å². The van der Waals surface area contributed by atoms with Crippen molar-refractivity contribution >= 4 is 17.3 Å². The molecule has 3 N–H and O–H groups in total. The number of anilines is 2. The molecule has 2 aliphatic heterocycles. The number of esters is 1. The fourth-order valence-corrected chi connectivity index (χ4v) is 4.09. The molecule has 0 unspecified atom stereocenters. The maximum Gasteiger partial charge on any atom is 0.338 e. The van der Waals surface area contributed by atoms with E-state index in [1.165, 1.54) is 6.07 Å². The number of hydrogen-bond donors (Lipinski definition) is 2. The van der Waals surface area contributed by atoms with E-state index in [1.54, 1.807) is 32.9 Å². The van der Waals surface area contributed by atoms with Crippen molar-refractivity contribution < 1.29 is 19.0 Å². The highest BCUT2D eigenvalue weighted by atomic mass is 19.1. The third-order valence-corrected chi connectivity index (χ3v) is 5.70.